The van der Waals surface area contributed by atoms with Crippen LogP contribution in [0, 0.1) is 5.41 Å². The third kappa shape index (κ3) is 3.50. The van der Waals surface area contributed by atoms with Gasteiger partial charge in [0.2, 0.25) is 0 Å². The van der Waals surface area contributed by atoms with Gasteiger partial charge in [-0.15, -0.1) is 0 Å². The number of hydrogen-bond acceptors (Lipinski definition) is 2. The van der Waals surface area contributed by atoms with Crippen LogP contribution in [0.5, 0.6) is 11.5 Å². The fraction of sp³-hybridized carbons (Fsp3) is 0.294. The maximum Gasteiger partial charge on any atom is 0.170 e. The van der Waals surface area contributed by atoms with E-state index >= 15 is 0 Å². The molecule has 0 saturated heterocycles. The number of allylic oxidation sites excluding steroid dienone is 4. The van der Waals surface area contributed by atoms with Gasteiger partial charge in [-0.2, -0.15) is 0 Å². The molecule has 0 aliphatic carbocycles. The standard InChI is InChI=1S/C17H20O2/c1-5-8-13-16(11-12-17(2,3)4)19-15-10-7-6-9-14(15)18-13/h5-12H,1-4H3/b8-5-,12-11-. The fourth-order valence-electron chi connectivity index (χ4n) is 1.67. The number of ether oxygens (including phenoxy) is 2. The van der Waals surface area contributed by atoms with Crippen LogP contribution < -0.4 is 9.47 Å². The molecule has 1 aliphatic rings. The Balaban J connectivity index is 2.35. The van der Waals surface area contributed by atoms with Gasteiger partial charge in [0.15, 0.2) is 23.0 Å². The maximum absolute atomic E-state index is 5.91. The van der Waals surface area contributed by atoms with Gasteiger partial charge < -0.3 is 9.47 Å². The Kier molecular flexibility index (Phi) is 3.79. The Hall–Kier alpha value is -1.96. The zero-order valence-electron chi connectivity index (χ0n) is 11.9. The molecule has 0 atom stereocenters. The Morgan fingerprint density at radius 2 is 1.42 bits per heavy atom. The highest BCUT2D eigenvalue weighted by Gasteiger charge is 2.18. The van der Waals surface area contributed by atoms with Crippen molar-refractivity contribution in [3.63, 3.8) is 0 Å². The highest BCUT2D eigenvalue weighted by molar-refractivity contribution is 5.47. The van der Waals surface area contributed by atoms with Gasteiger partial charge in [-0.3, -0.25) is 0 Å². The van der Waals surface area contributed by atoms with E-state index in [1.54, 1.807) is 0 Å². The van der Waals surface area contributed by atoms with E-state index in [2.05, 4.69) is 26.8 Å². The van der Waals surface area contributed by atoms with Gasteiger partial charge in [-0.25, -0.2) is 0 Å². The predicted octanol–water partition coefficient (Wildman–Crippen LogP) is 4.85. The Morgan fingerprint density at radius 3 is 1.89 bits per heavy atom. The predicted molar refractivity (Wildman–Crippen MR) is 78.1 cm³/mol. The molecule has 0 spiro atoms. The average molecular weight is 256 g/mol. The molecule has 2 nitrogen and oxygen atoms in total. The van der Waals surface area contributed by atoms with E-state index < -0.39 is 0 Å². The number of hydrogen-bond donors (Lipinski definition) is 0. The van der Waals surface area contributed by atoms with E-state index in [1.807, 2.05) is 49.4 Å². The summed E-state index contributed by atoms with van der Waals surface area (Å²) >= 11 is 0. The van der Waals surface area contributed by atoms with Crippen LogP contribution in [-0.2, 0) is 0 Å². The normalized spacial score (nSPS) is 15.6. The minimum atomic E-state index is 0.106. The van der Waals surface area contributed by atoms with Crippen molar-refractivity contribution in [2.45, 2.75) is 27.7 Å². The highest BCUT2D eigenvalue weighted by Crippen LogP contribution is 2.35. The van der Waals surface area contributed by atoms with Crippen molar-refractivity contribution in [1.29, 1.82) is 0 Å². The lowest BCUT2D eigenvalue weighted by atomic mass is 9.96. The Bertz CT molecular complexity index is 543. The summed E-state index contributed by atoms with van der Waals surface area (Å²) in [5.41, 5.74) is 0.106. The molecule has 0 fully saturated rings. The lowest BCUT2D eigenvalue weighted by Gasteiger charge is -2.21. The molecule has 0 N–H and O–H groups in total. The molecule has 0 amide bonds. The molecule has 0 radical (unpaired) electrons. The molecule has 2 heteroatoms. The van der Waals surface area contributed by atoms with Gasteiger partial charge in [0.25, 0.3) is 0 Å². The molecule has 1 aliphatic heterocycles. The van der Waals surface area contributed by atoms with Gasteiger partial charge in [0.1, 0.15) is 0 Å². The summed E-state index contributed by atoms with van der Waals surface area (Å²) in [4.78, 5) is 0. The molecule has 0 unspecified atom stereocenters. The average Bonchev–Trinajstić information content (AvgIpc) is 2.35. The summed E-state index contributed by atoms with van der Waals surface area (Å²) in [6.45, 7) is 8.41. The first-order valence-corrected chi connectivity index (χ1v) is 6.50. The van der Waals surface area contributed by atoms with Crippen LogP contribution in [0.1, 0.15) is 27.7 Å². The molecule has 1 aromatic rings. The van der Waals surface area contributed by atoms with E-state index in [0.717, 1.165) is 23.0 Å². The van der Waals surface area contributed by atoms with Crippen molar-refractivity contribution in [2.24, 2.45) is 5.41 Å². The summed E-state index contributed by atoms with van der Waals surface area (Å²) in [6, 6.07) is 7.69. The largest absolute Gasteiger partial charge is 0.450 e. The molecule has 0 saturated carbocycles. The molecule has 0 aromatic heterocycles. The van der Waals surface area contributed by atoms with Crippen molar-refractivity contribution >= 4 is 0 Å². The second kappa shape index (κ2) is 5.35. The van der Waals surface area contributed by atoms with Crippen molar-refractivity contribution in [2.75, 3.05) is 0 Å². The molecule has 0 bridgehead atoms. The number of rotatable bonds is 2. The first kappa shape index (κ1) is 13.5. The van der Waals surface area contributed by atoms with Gasteiger partial charge in [0.05, 0.1) is 0 Å². The molecule has 1 heterocycles. The number of benzene rings is 1. The van der Waals surface area contributed by atoms with E-state index in [9.17, 15) is 0 Å². The summed E-state index contributed by atoms with van der Waals surface area (Å²) in [5.74, 6) is 2.99. The Labute approximate surface area is 115 Å². The van der Waals surface area contributed by atoms with Crippen LogP contribution in [0.15, 0.2) is 60.1 Å². The zero-order chi connectivity index (χ0) is 13.9. The molecular formula is C17H20O2. The van der Waals surface area contributed by atoms with Crippen molar-refractivity contribution in [1.82, 2.24) is 0 Å². The topological polar surface area (TPSA) is 18.5 Å². The number of fused-ring (bicyclic) bond motifs is 1. The SMILES string of the molecule is C/C=C\C1=C(/C=C\C(C)(C)C)Oc2ccccc2O1. The lowest BCUT2D eigenvalue weighted by molar-refractivity contribution is 0.315. The van der Waals surface area contributed by atoms with E-state index in [0.29, 0.717) is 0 Å². The summed E-state index contributed by atoms with van der Waals surface area (Å²) < 4.78 is 11.8. The Morgan fingerprint density at radius 1 is 0.895 bits per heavy atom. The van der Waals surface area contributed by atoms with Crippen LogP contribution >= 0.6 is 0 Å². The van der Waals surface area contributed by atoms with Crippen LogP contribution in [0.25, 0.3) is 0 Å². The third-order valence-corrected chi connectivity index (χ3v) is 2.58. The molecule has 1 aromatic carbocycles. The van der Waals surface area contributed by atoms with E-state index in [1.165, 1.54) is 0 Å². The van der Waals surface area contributed by atoms with Crippen LogP contribution in [-0.4, -0.2) is 0 Å². The first-order valence-electron chi connectivity index (χ1n) is 6.50. The van der Waals surface area contributed by atoms with Gasteiger partial charge in [-0.05, 0) is 36.6 Å². The summed E-state index contributed by atoms with van der Waals surface area (Å²) in [7, 11) is 0. The smallest absolute Gasteiger partial charge is 0.170 e. The quantitative estimate of drug-likeness (QED) is 0.753. The van der Waals surface area contributed by atoms with Crippen molar-refractivity contribution < 1.29 is 9.47 Å². The second-order valence-corrected chi connectivity index (χ2v) is 5.58. The maximum atomic E-state index is 5.91. The first-order chi connectivity index (χ1) is 8.99. The number of para-hydroxylation sites is 2. The van der Waals surface area contributed by atoms with E-state index in [4.69, 9.17) is 9.47 Å². The molecule has 2 rings (SSSR count). The molecule has 100 valence electrons. The minimum absolute atomic E-state index is 0.106. The van der Waals surface area contributed by atoms with Gasteiger partial charge in [-0.1, -0.05) is 45.1 Å². The molecular weight excluding hydrogens is 236 g/mol. The summed E-state index contributed by atoms with van der Waals surface area (Å²) in [5, 5.41) is 0. The highest BCUT2D eigenvalue weighted by atomic mass is 16.6. The van der Waals surface area contributed by atoms with Crippen molar-refractivity contribution in [3.05, 3.63) is 60.1 Å². The third-order valence-electron chi connectivity index (χ3n) is 2.58. The van der Waals surface area contributed by atoms with Crippen molar-refractivity contribution in [3.8, 4) is 11.5 Å². The zero-order valence-corrected chi connectivity index (χ0v) is 11.9. The molecule has 19 heavy (non-hydrogen) atoms. The van der Waals surface area contributed by atoms with Crippen LogP contribution in [0.2, 0.25) is 0 Å². The minimum Gasteiger partial charge on any atom is -0.450 e. The van der Waals surface area contributed by atoms with Gasteiger partial charge >= 0.3 is 0 Å². The van der Waals surface area contributed by atoms with Crippen LogP contribution in [0.4, 0.5) is 0 Å². The van der Waals surface area contributed by atoms with Gasteiger partial charge in [0, 0.05) is 0 Å². The van der Waals surface area contributed by atoms with Crippen LogP contribution in [0.3, 0.4) is 0 Å². The monoisotopic (exact) mass is 256 g/mol. The fourth-order valence-corrected chi connectivity index (χ4v) is 1.67. The second-order valence-electron chi connectivity index (χ2n) is 5.58. The summed E-state index contributed by atoms with van der Waals surface area (Å²) in [6.07, 6.45) is 7.95. The lowest BCUT2D eigenvalue weighted by Crippen LogP contribution is -2.10. The van der Waals surface area contributed by atoms with E-state index in [-0.39, 0.29) is 5.41 Å².